The van der Waals surface area contributed by atoms with Crippen molar-refractivity contribution >= 4 is 54.0 Å². The van der Waals surface area contributed by atoms with Crippen LogP contribution in [0.3, 0.4) is 0 Å². The highest BCUT2D eigenvalue weighted by molar-refractivity contribution is 9.10. The quantitative estimate of drug-likeness (QED) is 0.609. The van der Waals surface area contributed by atoms with Gasteiger partial charge in [-0.2, -0.15) is 0 Å². The average molecular weight is 412 g/mol. The van der Waals surface area contributed by atoms with Crippen LogP contribution in [0.1, 0.15) is 0 Å². The van der Waals surface area contributed by atoms with Crippen LogP contribution in [0.5, 0.6) is 0 Å². The van der Waals surface area contributed by atoms with E-state index in [9.17, 15) is 8.42 Å². The summed E-state index contributed by atoms with van der Waals surface area (Å²) in [5.74, 6) is 0.708. The summed E-state index contributed by atoms with van der Waals surface area (Å²) < 4.78 is 27.8. The van der Waals surface area contributed by atoms with Gasteiger partial charge in [0.05, 0.1) is 5.52 Å². The molecule has 2 heterocycles. The van der Waals surface area contributed by atoms with Gasteiger partial charge in [0.15, 0.2) is 0 Å². The number of sulfonamides is 1. The van der Waals surface area contributed by atoms with Crippen LogP contribution in [0.25, 0.3) is 10.9 Å². The molecule has 120 valence electrons. The molecule has 0 aliphatic carbocycles. The topological polar surface area (TPSA) is 71.1 Å². The Hall–Kier alpha value is -1.48. The highest BCUT2D eigenvalue weighted by Crippen LogP contribution is 2.23. The number of aromatic nitrogens is 1. The average Bonchev–Trinajstić information content (AvgIpc) is 3.08. The minimum Gasteiger partial charge on any atom is -0.369 e. The van der Waals surface area contributed by atoms with Crippen molar-refractivity contribution in [2.45, 2.75) is 4.21 Å². The van der Waals surface area contributed by atoms with Gasteiger partial charge in [-0.25, -0.2) is 18.1 Å². The van der Waals surface area contributed by atoms with Gasteiger partial charge >= 0.3 is 0 Å². The SMILES string of the molecule is O=S(=O)(NCCNc1ccc2cccc(Br)c2n1)c1cccs1. The van der Waals surface area contributed by atoms with E-state index in [4.69, 9.17) is 0 Å². The molecule has 0 aliphatic rings. The zero-order valence-electron chi connectivity index (χ0n) is 12.0. The molecule has 0 atom stereocenters. The van der Waals surface area contributed by atoms with Crippen molar-refractivity contribution in [3.05, 3.63) is 52.3 Å². The number of hydrogen-bond acceptors (Lipinski definition) is 5. The Morgan fingerprint density at radius 2 is 1.96 bits per heavy atom. The van der Waals surface area contributed by atoms with Crippen LogP contribution < -0.4 is 10.0 Å². The van der Waals surface area contributed by atoms with Gasteiger partial charge in [0.25, 0.3) is 0 Å². The maximum absolute atomic E-state index is 12.0. The number of benzene rings is 1. The molecule has 8 heteroatoms. The van der Waals surface area contributed by atoms with Gasteiger partial charge in [0, 0.05) is 22.9 Å². The van der Waals surface area contributed by atoms with E-state index in [-0.39, 0.29) is 6.54 Å². The molecule has 3 aromatic rings. The van der Waals surface area contributed by atoms with E-state index in [0.29, 0.717) is 16.6 Å². The fraction of sp³-hybridized carbons (Fsp3) is 0.133. The predicted octanol–water partition coefficient (Wildman–Crippen LogP) is 3.45. The molecular weight excluding hydrogens is 398 g/mol. The molecule has 0 fully saturated rings. The number of nitrogens with zero attached hydrogens (tertiary/aromatic N) is 1. The first-order valence-electron chi connectivity index (χ1n) is 6.88. The highest BCUT2D eigenvalue weighted by atomic mass is 79.9. The fourth-order valence-electron chi connectivity index (χ4n) is 2.07. The smallest absolute Gasteiger partial charge is 0.250 e. The van der Waals surface area contributed by atoms with Crippen LogP contribution in [0, 0.1) is 0 Å². The van der Waals surface area contributed by atoms with Gasteiger partial charge in [-0.1, -0.05) is 18.2 Å². The van der Waals surface area contributed by atoms with E-state index in [0.717, 1.165) is 15.4 Å². The number of anilines is 1. The lowest BCUT2D eigenvalue weighted by atomic mass is 10.2. The van der Waals surface area contributed by atoms with Gasteiger partial charge in [-0.3, -0.25) is 0 Å². The zero-order valence-corrected chi connectivity index (χ0v) is 15.2. The lowest BCUT2D eigenvalue weighted by Gasteiger charge is -2.08. The molecular formula is C15H14BrN3O2S2. The Kier molecular flexibility index (Phi) is 4.96. The van der Waals surface area contributed by atoms with Crippen LogP contribution in [0.15, 0.2) is 56.5 Å². The highest BCUT2D eigenvalue weighted by Gasteiger charge is 2.13. The number of pyridine rings is 1. The number of rotatable bonds is 6. The van der Waals surface area contributed by atoms with E-state index >= 15 is 0 Å². The Labute approximate surface area is 146 Å². The van der Waals surface area contributed by atoms with Crippen LogP contribution in [-0.2, 0) is 10.0 Å². The number of hydrogen-bond donors (Lipinski definition) is 2. The van der Waals surface area contributed by atoms with Crippen LogP contribution >= 0.6 is 27.3 Å². The summed E-state index contributed by atoms with van der Waals surface area (Å²) in [5, 5.41) is 5.91. The second-order valence-corrected chi connectivity index (χ2v) is 8.56. The summed E-state index contributed by atoms with van der Waals surface area (Å²) in [6, 6.07) is 13.0. The third kappa shape index (κ3) is 3.89. The molecule has 0 unspecified atom stereocenters. The molecule has 5 nitrogen and oxygen atoms in total. The van der Waals surface area contributed by atoms with E-state index in [1.54, 1.807) is 17.5 Å². The maximum atomic E-state index is 12.0. The van der Waals surface area contributed by atoms with Crippen LogP contribution in [-0.4, -0.2) is 26.5 Å². The number of thiophene rings is 1. The summed E-state index contributed by atoms with van der Waals surface area (Å²) in [6.07, 6.45) is 0. The minimum atomic E-state index is -3.41. The van der Waals surface area contributed by atoms with Crippen molar-refractivity contribution in [1.82, 2.24) is 9.71 Å². The Balaban J connectivity index is 1.60. The lowest BCUT2D eigenvalue weighted by molar-refractivity contribution is 0.585. The molecule has 0 saturated heterocycles. The van der Waals surface area contributed by atoms with Gasteiger partial charge in [0.2, 0.25) is 10.0 Å². The maximum Gasteiger partial charge on any atom is 0.250 e. The second kappa shape index (κ2) is 6.96. The third-order valence-electron chi connectivity index (χ3n) is 3.15. The number of nitrogens with one attached hydrogen (secondary N) is 2. The van der Waals surface area contributed by atoms with Gasteiger partial charge in [-0.15, -0.1) is 11.3 Å². The van der Waals surface area contributed by atoms with E-state index in [1.165, 1.54) is 11.3 Å². The summed E-state index contributed by atoms with van der Waals surface area (Å²) in [5.41, 5.74) is 0.872. The van der Waals surface area contributed by atoms with E-state index in [2.05, 4.69) is 31.0 Å². The number of fused-ring (bicyclic) bond motifs is 1. The van der Waals surface area contributed by atoms with Crippen molar-refractivity contribution in [2.24, 2.45) is 0 Å². The van der Waals surface area contributed by atoms with E-state index in [1.807, 2.05) is 30.3 Å². The van der Waals surface area contributed by atoms with Gasteiger partial charge in [-0.05, 0) is 45.6 Å². The minimum absolute atomic E-state index is 0.288. The molecule has 0 radical (unpaired) electrons. The summed E-state index contributed by atoms with van der Waals surface area (Å²) in [7, 11) is -3.41. The van der Waals surface area contributed by atoms with Crippen LogP contribution in [0.2, 0.25) is 0 Å². The van der Waals surface area contributed by atoms with Crippen molar-refractivity contribution in [3.63, 3.8) is 0 Å². The zero-order chi connectivity index (χ0) is 16.3. The normalized spacial score (nSPS) is 11.7. The standard InChI is InChI=1S/C15H14BrN3O2S2/c16-12-4-1-3-11-6-7-13(19-15(11)12)17-8-9-18-23(20,21)14-5-2-10-22-14/h1-7,10,18H,8-9H2,(H,17,19). The molecule has 0 aliphatic heterocycles. The second-order valence-electron chi connectivity index (χ2n) is 4.76. The molecule has 0 spiro atoms. The molecule has 0 bridgehead atoms. The van der Waals surface area contributed by atoms with Gasteiger partial charge < -0.3 is 5.32 Å². The van der Waals surface area contributed by atoms with Crippen molar-refractivity contribution in [3.8, 4) is 0 Å². The molecule has 2 N–H and O–H groups in total. The summed E-state index contributed by atoms with van der Waals surface area (Å²) in [6.45, 7) is 0.740. The predicted molar refractivity (Wildman–Crippen MR) is 97.4 cm³/mol. The fourth-order valence-corrected chi connectivity index (χ4v) is 4.61. The van der Waals surface area contributed by atoms with Crippen molar-refractivity contribution in [2.75, 3.05) is 18.4 Å². The molecule has 0 saturated carbocycles. The summed E-state index contributed by atoms with van der Waals surface area (Å²) in [4.78, 5) is 4.53. The van der Waals surface area contributed by atoms with Crippen molar-refractivity contribution in [1.29, 1.82) is 0 Å². The molecule has 1 aromatic carbocycles. The molecule has 23 heavy (non-hydrogen) atoms. The first-order valence-corrected chi connectivity index (χ1v) is 10.0. The molecule has 3 rings (SSSR count). The first-order chi connectivity index (χ1) is 11.1. The van der Waals surface area contributed by atoms with E-state index < -0.39 is 10.0 Å². The Bertz CT molecular complexity index is 912. The molecule has 2 aromatic heterocycles. The summed E-state index contributed by atoms with van der Waals surface area (Å²) >= 11 is 4.68. The van der Waals surface area contributed by atoms with Crippen LogP contribution in [0.4, 0.5) is 5.82 Å². The lowest BCUT2D eigenvalue weighted by Crippen LogP contribution is -2.28. The largest absolute Gasteiger partial charge is 0.369 e. The monoisotopic (exact) mass is 411 g/mol. The van der Waals surface area contributed by atoms with Crippen molar-refractivity contribution < 1.29 is 8.42 Å². The Morgan fingerprint density at radius 1 is 1.09 bits per heavy atom. The Morgan fingerprint density at radius 3 is 2.74 bits per heavy atom. The van der Waals surface area contributed by atoms with Gasteiger partial charge in [0.1, 0.15) is 10.0 Å². The number of halogens is 1. The molecule has 0 amide bonds. The first kappa shape index (κ1) is 16.4. The third-order valence-corrected chi connectivity index (χ3v) is 6.65. The number of para-hydroxylation sites is 1.